The third kappa shape index (κ3) is 9.68. The summed E-state index contributed by atoms with van der Waals surface area (Å²) in [5, 5.41) is 10.9. The smallest absolute Gasteiger partial charge is 0.303 e. The van der Waals surface area contributed by atoms with Crippen LogP contribution in [0.4, 0.5) is 0 Å². The lowest BCUT2D eigenvalue weighted by Gasteiger charge is -2.14. The van der Waals surface area contributed by atoms with E-state index in [2.05, 4.69) is 10.3 Å². The highest BCUT2D eigenvalue weighted by Crippen LogP contribution is 2.00. The van der Waals surface area contributed by atoms with Crippen molar-refractivity contribution in [2.24, 2.45) is 22.2 Å². The van der Waals surface area contributed by atoms with Gasteiger partial charge in [0.05, 0.1) is 0 Å². The Hall–Kier alpha value is -2.32. The van der Waals surface area contributed by atoms with Crippen LogP contribution in [0.25, 0.3) is 0 Å². The van der Waals surface area contributed by atoms with Gasteiger partial charge in [-0.2, -0.15) is 0 Å². The van der Waals surface area contributed by atoms with Gasteiger partial charge in [0, 0.05) is 19.4 Å². The molecule has 0 aromatic carbocycles. The van der Waals surface area contributed by atoms with Gasteiger partial charge in [-0.15, -0.1) is 0 Å². The van der Waals surface area contributed by atoms with E-state index in [1.165, 1.54) is 0 Å². The molecule has 9 nitrogen and oxygen atoms in total. The second kappa shape index (κ2) is 9.59. The zero-order chi connectivity index (χ0) is 15.5. The summed E-state index contributed by atoms with van der Waals surface area (Å²) in [4.78, 5) is 36.8. The number of primary amides is 1. The molecular formula is C11H21N5O4. The number of hydrogen-bond acceptors (Lipinski definition) is 4. The molecule has 0 aliphatic carbocycles. The maximum absolute atomic E-state index is 11.5. The fraction of sp³-hybridized carbons (Fsp3) is 0.636. The van der Waals surface area contributed by atoms with Crippen molar-refractivity contribution in [3.63, 3.8) is 0 Å². The van der Waals surface area contributed by atoms with Crippen LogP contribution in [0.2, 0.25) is 0 Å². The van der Waals surface area contributed by atoms with Gasteiger partial charge in [0.1, 0.15) is 6.04 Å². The minimum Gasteiger partial charge on any atom is -0.481 e. The van der Waals surface area contributed by atoms with Gasteiger partial charge in [-0.05, 0) is 19.3 Å². The Morgan fingerprint density at radius 3 is 2.25 bits per heavy atom. The van der Waals surface area contributed by atoms with Crippen molar-refractivity contribution in [2.45, 2.75) is 38.1 Å². The fourth-order valence-electron chi connectivity index (χ4n) is 1.43. The summed E-state index contributed by atoms with van der Waals surface area (Å²) < 4.78 is 0. The van der Waals surface area contributed by atoms with E-state index >= 15 is 0 Å². The maximum Gasteiger partial charge on any atom is 0.303 e. The number of nitrogens with one attached hydrogen (secondary N) is 1. The summed E-state index contributed by atoms with van der Waals surface area (Å²) in [5.74, 6) is -2.16. The summed E-state index contributed by atoms with van der Waals surface area (Å²) in [6, 6.07) is -0.962. The summed E-state index contributed by atoms with van der Waals surface area (Å²) in [6.45, 7) is 0.424. The molecule has 1 atom stereocenters. The molecule has 0 saturated heterocycles. The Morgan fingerprint density at radius 1 is 1.10 bits per heavy atom. The van der Waals surface area contributed by atoms with Crippen molar-refractivity contribution >= 4 is 23.7 Å². The minimum absolute atomic E-state index is 0.00286. The largest absolute Gasteiger partial charge is 0.481 e. The fourth-order valence-corrected chi connectivity index (χ4v) is 1.43. The Balaban J connectivity index is 3.98. The van der Waals surface area contributed by atoms with E-state index in [0.29, 0.717) is 19.4 Å². The number of carboxylic acid groups (broad SMARTS) is 1. The van der Waals surface area contributed by atoms with Crippen LogP contribution in [0.5, 0.6) is 0 Å². The predicted molar refractivity (Wildman–Crippen MR) is 72.5 cm³/mol. The number of carbonyl (C=O) groups excluding carboxylic acids is 2. The lowest BCUT2D eigenvalue weighted by atomic mass is 10.1. The number of rotatable bonds is 10. The van der Waals surface area contributed by atoms with Crippen LogP contribution < -0.4 is 22.5 Å². The third-order valence-corrected chi connectivity index (χ3v) is 2.43. The predicted octanol–water partition coefficient (Wildman–Crippen LogP) is -1.73. The molecule has 0 aliphatic heterocycles. The normalized spacial score (nSPS) is 11.4. The number of amides is 2. The van der Waals surface area contributed by atoms with E-state index in [1.54, 1.807) is 0 Å². The lowest BCUT2D eigenvalue weighted by Crippen LogP contribution is -2.44. The third-order valence-electron chi connectivity index (χ3n) is 2.43. The van der Waals surface area contributed by atoms with Crippen LogP contribution in [-0.4, -0.2) is 41.4 Å². The van der Waals surface area contributed by atoms with Gasteiger partial charge in [0.15, 0.2) is 5.96 Å². The van der Waals surface area contributed by atoms with Crippen LogP contribution in [0.3, 0.4) is 0 Å². The molecule has 8 N–H and O–H groups in total. The molecule has 0 aromatic rings. The van der Waals surface area contributed by atoms with E-state index in [4.69, 9.17) is 22.3 Å². The standard InChI is InChI=1S/C11H21N5O4/c12-10(20)7(4-5-9(18)19)16-8(17)3-1-2-6-15-11(13)14/h7H,1-6H2,(H2,12,20)(H,16,17)(H,18,19)(H4,13,14,15)/t7-/m1/s1. The number of carboxylic acids is 1. The maximum atomic E-state index is 11.5. The van der Waals surface area contributed by atoms with Gasteiger partial charge < -0.3 is 27.6 Å². The van der Waals surface area contributed by atoms with E-state index in [9.17, 15) is 14.4 Å². The topological polar surface area (TPSA) is 174 Å². The molecule has 0 aliphatic rings. The molecule has 2 amide bonds. The van der Waals surface area contributed by atoms with Gasteiger partial charge in [-0.25, -0.2) is 0 Å². The number of aliphatic imine (C=N–C) groups is 1. The monoisotopic (exact) mass is 287 g/mol. The first-order valence-corrected chi connectivity index (χ1v) is 6.18. The molecule has 0 spiro atoms. The Kier molecular flexibility index (Phi) is 8.48. The molecule has 0 heterocycles. The molecule has 0 bridgehead atoms. The highest BCUT2D eigenvalue weighted by Gasteiger charge is 2.18. The van der Waals surface area contributed by atoms with Gasteiger partial charge in [-0.1, -0.05) is 0 Å². The van der Waals surface area contributed by atoms with Crippen molar-refractivity contribution in [1.82, 2.24) is 5.32 Å². The Bertz CT molecular complexity index is 379. The van der Waals surface area contributed by atoms with Crippen molar-refractivity contribution < 1.29 is 19.5 Å². The van der Waals surface area contributed by atoms with Gasteiger partial charge in [-0.3, -0.25) is 19.4 Å². The molecule has 0 rings (SSSR count). The Morgan fingerprint density at radius 2 is 1.75 bits per heavy atom. The molecule has 20 heavy (non-hydrogen) atoms. The number of hydrogen-bond donors (Lipinski definition) is 5. The van der Waals surface area contributed by atoms with Crippen LogP contribution in [0.15, 0.2) is 4.99 Å². The van der Waals surface area contributed by atoms with Gasteiger partial charge in [0.2, 0.25) is 11.8 Å². The van der Waals surface area contributed by atoms with Crippen molar-refractivity contribution in [3.8, 4) is 0 Å². The summed E-state index contributed by atoms with van der Waals surface area (Å²) in [5.41, 5.74) is 15.4. The molecule has 0 fully saturated rings. The number of carbonyl (C=O) groups is 3. The first kappa shape index (κ1) is 17.7. The summed E-state index contributed by atoms with van der Waals surface area (Å²) in [7, 11) is 0. The molecule has 0 unspecified atom stereocenters. The van der Waals surface area contributed by atoms with Crippen LogP contribution in [0.1, 0.15) is 32.1 Å². The van der Waals surface area contributed by atoms with E-state index in [-0.39, 0.29) is 31.1 Å². The highest BCUT2D eigenvalue weighted by atomic mass is 16.4. The second-order valence-electron chi connectivity index (χ2n) is 4.22. The van der Waals surface area contributed by atoms with E-state index in [0.717, 1.165) is 0 Å². The SMILES string of the molecule is NC(=O)[C@@H](CCC(=O)O)NC(=O)CCCCN=C(N)N. The van der Waals surface area contributed by atoms with Crippen molar-refractivity contribution in [3.05, 3.63) is 0 Å². The quantitative estimate of drug-likeness (QED) is 0.181. The van der Waals surface area contributed by atoms with E-state index in [1.807, 2.05) is 0 Å². The molecule has 9 heteroatoms. The van der Waals surface area contributed by atoms with Crippen LogP contribution in [-0.2, 0) is 14.4 Å². The summed E-state index contributed by atoms with van der Waals surface area (Å²) in [6.07, 6.45) is 1.11. The molecule has 114 valence electrons. The highest BCUT2D eigenvalue weighted by molar-refractivity contribution is 5.86. The number of nitrogens with two attached hydrogens (primary N) is 3. The molecule has 0 aromatic heterocycles. The zero-order valence-electron chi connectivity index (χ0n) is 11.2. The average molecular weight is 287 g/mol. The average Bonchev–Trinajstić information content (AvgIpc) is 2.32. The zero-order valence-corrected chi connectivity index (χ0v) is 11.2. The minimum atomic E-state index is -1.05. The first-order valence-electron chi connectivity index (χ1n) is 6.18. The van der Waals surface area contributed by atoms with E-state index < -0.39 is 17.9 Å². The number of aliphatic carboxylic acids is 1. The Labute approximate surface area is 116 Å². The molecule has 0 saturated carbocycles. The first-order chi connectivity index (χ1) is 9.32. The van der Waals surface area contributed by atoms with Crippen molar-refractivity contribution in [2.75, 3.05) is 6.54 Å². The molecular weight excluding hydrogens is 266 g/mol. The van der Waals surface area contributed by atoms with Crippen LogP contribution in [0, 0.1) is 0 Å². The van der Waals surface area contributed by atoms with Gasteiger partial charge in [0.25, 0.3) is 0 Å². The summed E-state index contributed by atoms with van der Waals surface area (Å²) >= 11 is 0. The van der Waals surface area contributed by atoms with Gasteiger partial charge >= 0.3 is 5.97 Å². The van der Waals surface area contributed by atoms with Crippen molar-refractivity contribution in [1.29, 1.82) is 0 Å². The number of guanidine groups is 1. The number of nitrogens with zero attached hydrogens (tertiary/aromatic N) is 1. The molecule has 0 radical (unpaired) electrons. The second-order valence-corrected chi connectivity index (χ2v) is 4.22. The lowest BCUT2D eigenvalue weighted by molar-refractivity contribution is -0.137. The number of unbranched alkanes of at least 4 members (excludes halogenated alkanes) is 1. The van der Waals surface area contributed by atoms with Crippen LogP contribution >= 0.6 is 0 Å².